The third kappa shape index (κ3) is 4.26. The number of para-hydroxylation sites is 1. The molecule has 1 heterocycles. The van der Waals surface area contributed by atoms with Gasteiger partial charge in [0.25, 0.3) is 5.91 Å². The fourth-order valence-corrected chi connectivity index (χ4v) is 2.69. The second-order valence-corrected chi connectivity index (χ2v) is 6.22. The van der Waals surface area contributed by atoms with Crippen molar-refractivity contribution in [3.05, 3.63) is 77.7 Å². The molecule has 1 N–H and O–H groups in total. The Morgan fingerprint density at radius 2 is 1.92 bits per heavy atom. The van der Waals surface area contributed by atoms with Crippen LogP contribution in [0.5, 0.6) is 5.75 Å². The number of furan rings is 1. The van der Waals surface area contributed by atoms with Crippen LogP contribution in [0, 0.1) is 11.3 Å². The van der Waals surface area contributed by atoms with Gasteiger partial charge in [-0.25, -0.2) is 0 Å². The van der Waals surface area contributed by atoms with Crippen molar-refractivity contribution in [2.75, 3.05) is 11.6 Å². The van der Waals surface area contributed by atoms with Gasteiger partial charge in [-0.05, 0) is 54.8 Å². The van der Waals surface area contributed by atoms with Gasteiger partial charge < -0.3 is 14.5 Å². The third-order valence-electron chi connectivity index (χ3n) is 3.61. The van der Waals surface area contributed by atoms with Crippen molar-refractivity contribution in [3.8, 4) is 11.8 Å². The summed E-state index contributed by atoms with van der Waals surface area (Å²) in [5, 5.41) is 11.8. The van der Waals surface area contributed by atoms with Crippen molar-refractivity contribution in [1.29, 1.82) is 5.26 Å². The van der Waals surface area contributed by atoms with Crippen LogP contribution in [0.15, 0.2) is 70.0 Å². The van der Waals surface area contributed by atoms with Crippen LogP contribution in [0.25, 0.3) is 0 Å². The van der Waals surface area contributed by atoms with E-state index in [1.54, 1.807) is 48.2 Å². The van der Waals surface area contributed by atoms with Gasteiger partial charge in [0.05, 0.1) is 5.56 Å². The number of ether oxygens (including phenoxy) is 1. The summed E-state index contributed by atoms with van der Waals surface area (Å²) in [4.78, 5) is 13.4. The Bertz CT molecular complexity index is 942. The van der Waals surface area contributed by atoms with Crippen molar-refractivity contribution >= 4 is 23.4 Å². The lowest BCUT2D eigenvalue weighted by molar-refractivity contribution is 0.0992. The first kappa shape index (κ1) is 17.6. The third-order valence-corrected chi connectivity index (χ3v) is 4.35. The fourth-order valence-electron chi connectivity index (χ4n) is 2.28. The standard InChI is InChI=1S/C20H16N2O3S/c1-26-17-9-6-15(7-10-17)22-20(23)19-11-8-16(25-19)13-24-18-5-3-2-4-14(18)12-21/h2-11H,13H2,1H3,(H,22,23). The van der Waals surface area contributed by atoms with E-state index in [-0.39, 0.29) is 18.3 Å². The van der Waals surface area contributed by atoms with Crippen molar-refractivity contribution in [3.63, 3.8) is 0 Å². The van der Waals surface area contributed by atoms with Crippen LogP contribution in [-0.2, 0) is 6.61 Å². The maximum atomic E-state index is 12.3. The number of thioether (sulfide) groups is 1. The Kier molecular flexibility index (Phi) is 5.62. The molecule has 5 nitrogen and oxygen atoms in total. The van der Waals surface area contributed by atoms with Crippen molar-refractivity contribution in [2.24, 2.45) is 0 Å². The zero-order chi connectivity index (χ0) is 18.4. The molecule has 0 radical (unpaired) electrons. The fraction of sp³-hybridized carbons (Fsp3) is 0.100. The lowest BCUT2D eigenvalue weighted by Gasteiger charge is -2.06. The highest BCUT2D eigenvalue weighted by atomic mass is 32.2. The molecule has 0 saturated heterocycles. The number of carbonyl (C=O) groups is 1. The van der Waals surface area contributed by atoms with E-state index in [9.17, 15) is 4.79 Å². The van der Waals surface area contributed by atoms with Crippen LogP contribution < -0.4 is 10.1 Å². The van der Waals surface area contributed by atoms with Gasteiger partial charge in [0.15, 0.2) is 5.76 Å². The quantitative estimate of drug-likeness (QED) is 0.641. The Balaban J connectivity index is 1.61. The molecule has 0 aliphatic rings. The SMILES string of the molecule is CSc1ccc(NC(=O)c2ccc(COc3ccccc3C#N)o2)cc1. The first-order valence-electron chi connectivity index (χ1n) is 7.85. The van der Waals surface area contributed by atoms with Crippen molar-refractivity contribution in [1.82, 2.24) is 0 Å². The first-order valence-corrected chi connectivity index (χ1v) is 9.08. The second kappa shape index (κ2) is 8.28. The summed E-state index contributed by atoms with van der Waals surface area (Å²) in [6.45, 7) is 0.133. The van der Waals surface area contributed by atoms with Crippen molar-refractivity contribution < 1.29 is 13.9 Å². The smallest absolute Gasteiger partial charge is 0.291 e. The summed E-state index contributed by atoms with van der Waals surface area (Å²) in [5.74, 6) is 0.851. The average molecular weight is 364 g/mol. The van der Waals surface area contributed by atoms with Gasteiger partial charge in [-0.3, -0.25) is 4.79 Å². The molecule has 0 fully saturated rings. The van der Waals surface area contributed by atoms with E-state index in [1.165, 1.54) is 0 Å². The van der Waals surface area contributed by atoms with Crippen LogP contribution in [0.3, 0.4) is 0 Å². The maximum absolute atomic E-state index is 12.3. The molecule has 1 aromatic heterocycles. The highest BCUT2D eigenvalue weighted by Crippen LogP contribution is 2.20. The van der Waals surface area contributed by atoms with Gasteiger partial charge >= 0.3 is 0 Å². The van der Waals surface area contributed by atoms with Crippen molar-refractivity contribution in [2.45, 2.75) is 11.5 Å². The van der Waals surface area contributed by atoms with E-state index in [4.69, 9.17) is 14.4 Å². The summed E-state index contributed by atoms with van der Waals surface area (Å²) in [6, 6.07) is 19.9. The number of hydrogen-bond acceptors (Lipinski definition) is 5. The molecule has 0 saturated carbocycles. The molecule has 1 amide bonds. The second-order valence-electron chi connectivity index (χ2n) is 5.35. The van der Waals surface area contributed by atoms with E-state index in [0.29, 0.717) is 22.8 Å². The summed E-state index contributed by atoms with van der Waals surface area (Å²) >= 11 is 1.64. The predicted octanol–water partition coefficient (Wildman–Crippen LogP) is 4.70. The zero-order valence-electron chi connectivity index (χ0n) is 14.1. The van der Waals surface area contributed by atoms with Gasteiger partial charge in [0.1, 0.15) is 24.2 Å². The Labute approximate surface area is 155 Å². The van der Waals surface area contributed by atoms with E-state index < -0.39 is 0 Å². The molecule has 0 aliphatic carbocycles. The lowest BCUT2D eigenvalue weighted by Crippen LogP contribution is -2.10. The van der Waals surface area contributed by atoms with E-state index in [1.807, 2.05) is 30.5 Å². The Hall–Kier alpha value is -3.17. The van der Waals surface area contributed by atoms with Crippen LogP contribution in [-0.4, -0.2) is 12.2 Å². The molecule has 26 heavy (non-hydrogen) atoms. The number of carbonyl (C=O) groups excluding carboxylic acids is 1. The number of benzene rings is 2. The molecule has 3 aromatic rings. The van der Waals surface area contributed by atoms with Gasteiger partial charge in [-0.15, -0.1) is 11.8 Å². The topological polar surface area (TPSA) is 75.3 Å². The highest BCUT2D eigenvalue weighted by Gasteiger charge is 2.12. The van der Waals surface area contributed by atoms with E-state index in [2.05, 4.69) is 11.4 Å². The molecular formula is C20H16N2O3S. The number of hydrogen-bond donors (Lipinski definition) is 1. The molecule has 2 aromatic carbocycles. The van der Waals surface area contributed by atoms with Gasteiger partial charge in [0.2, 0.25) is 0 Å². The number of rotatable bonds is 6. The minimum atomic E-state index is -0.328. The van der Waals surface area contributed by atoms with Gasteiger partial charge in [0, 0.05) is 10.6 Å². The normalized spacial score (nSPS) is 10.2. The Morgan fingerprint density at radius 3 is 2.65 bits per heavy atom. The molecular weight excluding hydrogens is 348 g/mol. The molecule has 0 aliphatic heterocycles. The summed E-state index contributed by atoms with van der Waals surface area (Å²) < 4.78 is 11.1. The van der Waals surface area contributed by atoms with E-state index >= 15 is 0 Å². The summed E-state index contributed by atoms with van der Waals surface area (Å²) in [5.41, 5.74) is 1.15. The number of nitriles is 1. The molecule has 0 unspecified atom stereocenters. The average Bonchev–Trinajstić information content (AvgIpc) is 3.16. The largest absolute Gasteiger partial charge is 0.484 e. The number of anilines is 1. The van der Waals surface area contributed by atoms with Crippen LogP contribution in [0.1, 0.15) is 21.9 Å². The van der Waals surface area contributed by atoms with E-state index in [0.717, 1.165) is 4.90 Å². The highest BCUT2D eigenvalue weighted by molar-refractivity contribution is 7.98. The first-order chi connectivity index (χ1) is 12.7. The molecule has 0 spiro atoms. The molecule has 0 atom stereocenters. The lowest BCUT2D eigenvalue weighted by atomic mass is 10.2. The molecule has 3 rings (SSSR count). The van der Waals surface area contributed by atoms with Gasteiger partial charge in [-0.1, -0.05) is 12.1 Å². The minimum absolute atomic E-state index is 0.133. The number of nitrogens with zero attached hydrogens (tertiary/aromatic N) is 1. The maximum Gasteiger partial charge on any atom is 0.291 e. The zero-order valence-corrected chi connectivity index (χ0v) is 14.9. The molecule has 6 heteroatoms. The Morgan fingerprint density at radius 1 is 1.15 bits per heavy atom. The van der Waals surface area contributed by atoms with Crippen LogP contribution >= 0.6 is 11.8 Å². The molecule has 0 bridgehead atoms. The van der Waals surface area contributed by atoms with Crippen LogP contribution in [0.2, 0.25) is 0 Å². The molecule has 130 valence electrons. The number of amides is 1. The predicted molar refractivity (Wildman–Crippen MR) is 100 cm³/mol. The number of nitrogens with one attached hydrogen (secondary N) is 1. The minimum Gasteiger partial charge on any atom is -0.484 e. The summed E-state index contributed by atoms with van der Waals surface area (Å²) in [6.07, 6.45) is 2.00. The van der Waals surface area contributed by atoms with Crippen LogP contribution in [0.4, 0.5) is 5.69 Å². The summed E-state index contributed by atoms with van der Waals surface area (Å²) in [7, 11) is 0. The van der Waals surface area contributed by atoms with Gasteiger partial charge in [-0.2, -0.15) is 5.26 Å². The monoisotopic (exact) mass is 364 g/mol.